The van der Waals surface area contributed by atoms with Crippen molar-refractivity contribution in [3.05, 3.63) is 35.4 Å². The molecule has 0 saturated carbocycles. The lowest BCUT2D eigenvalue weighted by atomic mass is 9.92. The largest absolute Gasteiger partial charge is 0.493 e. The number of benzene rings is 1. The number of nitrogens with two attached hydrogens (primary N) is 1. The molecule has 1 aromatic carbocycles. The minimum atomic E-state index is -0.554. The maximum atomic E-state index is 14.4. The maximum absolute atomic E-state index is 14.4. The van der Waals surface area contributed by atoms with E-state index in [1.807, 2.05) is 0 Å². The van der Waals surface area contributed by atoms with Crippen molar-refractivity contribution in [2.24, 2.45) is 11.7 Å². The number of carbonyl (C=O) groups is 1. The molecular weight excluding hydrogens is 413 g/mol. The van der Waals surface area contributed by atoms with E-state index in [4.69, 9.17) is 15.0 Å². The van der Waals surface area contributed by atoms with Crippen molar-refractivity contribution < 1.29 is 18.4 Å². The van der Waals surface area contributed by atoms with E-state index in [2.05, 4.69) is 28.9 Å². The quantitative estimate of drug-likeness (QED) is 0.623. The van der Waals surface area contributed by atoms with Crippen LogP contribution in [0.15, 0.2) is 22.7 Å². The van der Waals surface area contributed by atoms with Crippen LogP contribution in [0, 0.1) is 11.7 Å². The van der Waals surface area contributed by atoms with Crippen LogP contribution in [0.4, 0.5) is 10.4 Å². The fourth-order valence-electron chi connectivity index (χ4n) is 4.17. The van der Waals surface area contributed by atoms with E-state index in [0.717, 1.165) is 44.6 Å². The van der Waals surface area contributed by atoms with Gasteiger partial charge in [0.05, 0.1) is 12.2 Å². The number of hydrogen-bond acceptors (Lipinski definition) is 7. The lowest BCUT2D eigenvalue weighted by Crippen LogP contribution is -2.57. The van der Waals surface area contributed by atoms with Gasteiger partial charge in [-0.15, -0.1) is 0 Å². The first-order valence-corrected chi connectivity index (χ1v) is 11.5. The minimum absolute atomic E-state index is 0.00611. The molecule has 174 valence electrons. The molecule has 2 N–H and O–H groups in total. The van der Waals surface area contributed by atoms with Crippen LogP contribution in [0.1, 0.15) is 61.6 Å². The van der Waals surface area contributed by atoms with Gasteiger partial charge in [0.25, 0.3) is 5.91 Å². The van der Waals surface area contributed by atoms with Crippen molar-refractivity contribution in [3.63, 3.8) is 0 Å². The van der Waals surface area contributed by atoms with Crippen LogP contribution in [0.5, 0.6) is 5.75 Å². The van der Waals surface area contributed by atoms with Gasteiger partial charge in [-0.1, -0.05) is 19.0 Å². The average Bonchev–Trinajstić information content (AvgIpc) is 3.25. The molecule has 2 fully saturated rings. The molecule has 0 radical (unpaired) electrons. The number of aromatic nitrogens is 2. The fourth-order valence-corrected chi connectivity index (χ4v) is 4.17. The normalized spacial score (nSPS) is 17.7. The SMILES string of the molecule is CC(C)c1noc(N2CCC(CCCOc3ccc(C(=O)N4CC(N)C4)c(F)c3)CC2)n1. The van der Waals surface area contributed by atoms with Crippen molar-refractivity contribution in [1.29, 1.82) is 0 Å². The Morgan fingerprint density at radius 3 is 2.69 bits per heavy atom. The molecule has 2 aliphatic rings. The highest BCUT2D eigenvalue weighted by Crippen LogP contribution is 2.26. The Balaban J connectivity index is 1.16. The highest BCUT2D eigenvalue weighted by molar-refractivity contribution is 5.95. The molecule has 8 nitrogen and oxygen atoms in total. The zero-order valence-electron chi connectivity index (χ0n) is 18.8. The number of rotatable bonds is 8. The number of ether oxygens (including phenoxy) is 1. The molecule has 2 aromatic rings. The van der Waals surface area contributed by atoms with E-state index in [-0.39, 0.29) is 23.4 Å². The molecule has 0 unspecified atom stereocenters. The van der Waals surface area contributed by atoms with Crippen LogP contribution in [-0.4, -0.2) is 59.8 Å². The summed E-state index contributed by atoms with van der Waals surface area (Å²) in [4.78, 5) is 20.4. The summed E-state index contributed by atoms with van der Waals surface area (Å²) < 4.78 is 25.5. The highest BCUT2D eigenvalue weighted by Gasteiger charge is 2.30. The van der Waals surface area contributed by atoms with Crippen LogP contribution >= 0.6 is 0 Å². The zero-order chi connectivity index (χ0) is 22.7. The summed E-state index contributed by atoms with van der Waals surface area (Å²) >= 11 is 0. The van der Waals surface area contributed by atoms with E-state index < -0.39 is 5.82 Å². The van der Waals surface area contributed by atoms with Gasteiger partial charge in [-0.3, -0.25) is 4.79 Å². The third-order valence-electron chi connectivity index (χ3n) is 6.23. The molecule has 0 bridgehead atoms. The van der Waals surface area contributed by atoms with Gasteiger partial charge in [0.15, 0.2) is 5.82 Å². The molecule has 1 aromatic heterocycles. The van der Waals surface area contributed by atoms with E-state index in [1.54, 1.807) is 11.0 Å². The smallest absolute Gasteiger partial charge is 0.324 e. The van der Waals surface area contributed by atoms with Gasteiger partial charge in [0, 0.05) is 44.2 Å². The van der Waals surface area contributed by atoms with Gasteiger partial charge in [-0.2, -0.15) is 4.98 Å². The van der Waals surface area contributed by atoms with Gasteiger partial charge < -0.3 is 24.8 Å². The molecule has 3 heterocycles. The van der Waals surface area contributed by atoms with Crippen molar-refractivity contribution in [2.45, 2.75) is 51.5 Å². The van der Waals surface area contributed by atoms with Gasteiger partial charge >= 0.3 is 6.01 Å². The van der Waals surface area contributed by atoms with E-state index in [1.165, 1.54) is 12.1 Å². The molecule has 2 saturated heterocycles. The molecule has 0 spiro atoms. The number of piperidine rings is 1. The third kappa shape index (κ3) is 5.20. The highest BCUT2D eigenvalue weighted by atomic mass is 19.1. The zero-order valence-corrected chi connectivity index (χ0v) is 18.8. The maximum Gasteiger partial charge on any atom is 0.324 e. The summed E-state index contributed by atoms with van der Waals surface area (Å²) in [6, 6.07) is 5.06. The van der Waals surface area contributed by atoms with Crippen LogP contribution in [0.3, 0.4) is 0 Å². The first kappa shape index (κ1) is 22.5. The Morgan fingerprint density at radius 2 is 2.06 bits per heavy atom. The van der Waals surface area contributed by atoms with Gasteiger partial charge in [-0.25, -0.2) is 4.39 Å². The van der Waals surface area contributed by atoms with Crippen molar-refractivity contribution in [2.75, 3.05) is 37.7 Å². The van der Waals surface area contributed by atoms with E-state index in [0.29, 0.717) is 37.4 Å². The first-order valence-electron chi connectivity index (χ1n) is 11.5. The Morgan fingerprint density at radius 1 is 1.31 bits per heavy atom. The summed E-state index contributed by atoms with van der Waals surface area (Å²) in [5, 5.41) is 4.04. The van der Waals surface area contributed by atoms with E-state index in [9.17, 15) is 9.18 Å². The number of anilines is 1. The van der Waals surface area contributed by atoms with Gasteiger partial charge in [0.2, 0.25) is 0 Å². The van der Waals surface area contributed by atoms with Crippen molar-refractivity contribution in [1.82, 2.24) is 15.0 Å². The predicted octanol–water partition coefficient (Wildman–Crippen LogP) is 3.19. The molecule has 9 heteroatoms. The Hall–Kier alpha value is -2.68. The molecule has 0 atom stereocenters. The Kier molecular flexibility index (Phi) is 6.93. The molecular formula is C23H32FN5O3. The molecule has 0 aliphatic carbocycles. The van der Waals surface area contributed by atoms with Gasteiger partial charge in [0.1, 0.15) is 11.6 Å². The summed E-state index contributed by atoms with van der Waals surface area (Å²) in [6.07, 6.45) is 4.11. The number of carbonyl (C=O) groups excluding carboxylic acids is 1. The summed E-state index contributed by atoms with van der Waals surface area (Å²) in [5.41, 5.74) is 5.76. The number of hydrogen-bond donors (Lipinski definition) is 1. The minimum Gasteiger partial charge on any atom is -0.493 e. The van der Waals surface area contributed by atoms with Crippen LogP contribution in [0.25, 0.3) is 0 Å². The summed E-state index contributed by atoms with van der Waals surface area (Å²) in [7, 11) is 0. The summed E-state index contributed by atoms with van der Waals surface area (Å²) in [6.45, 7) is 7.40. The Labute approximate surface area is 187 Å². The number of likely N-dealkylation sites (tertiary alicyclic amines) is 1. The second-order valence-electron chi connectivity index (χ2n) is 9.12. The monoisotopic (exact) mass is 445 g/mol. The lowest BCUT2D eigenvalue weighted by Gasteiger charge is -2.36. The van der Waals surface area contributed by atoms with Crippen LogP contribution in [0.2, 0.25) is 0 Å². The number of halogens is 1. The third-order valence-corrected chi connectivity index (χ3v) is 6.23. The summed E-state index contributed by atoms with van der Waals surface area (Å²) in [5.74, 6) is 1.21. The lowest BCUT2D eigenvalue weighted by molar-refractivity contribution is 0.0603. The van der Waals surface area contributed by atoms with Gasteiger partial charge in [-0.05, 0) is 43.7 Å². The fraction of sp³-hybridized carbons (Fsp3) is 0.609. The van der Waals surface area contributed by atoms with Crippen LogP contribution in [-0.2, 0) is 0 Å². The molecule has 1 amide bonds. The molecule has 4 rings (SSSR count). The van der Waals surface area contributed by atoms with Crippen molar-refractivity contribution in [3.8, 4) is 5.75 Å². The van der Waals surface area contributed by atoms with Crippen LogP contribution < -0.4 is 15.4 Å². The van der Waals surface area contributed by atoms with E-state index >= 15 is 0 Å². The second kappa shape index (κ2) is 9.85. The predicted molar refractivity (Wildman–Crippen MR) is 118 cm³/mol. The van der Waals surface area contributed by atoms with Crippen molar-refractivity contribution >= 4 is 11.9 Å². The topological polar surface area (TPSA) is 97.7 Å². The number of amides is 1. The molecule has 2 aliphatic heterocycles. The average molecular weight is 446 g/mol. The first-order chi connectivity index (χ1) is 15.4. The second-order valence-corrected chi connectivity index (χ2v) is 9.12. The molecule has 32 heavy (non-hydrogen) atoms. The Bertz CT molecular complexity index is 920. The number of nitrogens with zero attached hydrogens (tertiary/aromatic N) is 4. The standard InChI is InChI=1S/C23H32FN5O3/c1-15(2)21-26-23(32-27-21)28-9-7-16(8-10-28)4-3-11-31-18-5-6-19(20(24)12-18)22(30)29-13-17(25)14-29/h5-6,12,15-17H,3-4,7-11,13-14,25H2,1-2H3.